The van der Waals surface area contributed by atoms with Gasteiger partial charge >= 0.3 is 0 Å². The molecule has 1 atom stereocenters. The lowest BCUT2D eigenvalue weighted by Crippen LogP contribution is -2.36. The summed E-state index contributed by atoms with van der Waals surface area (Å²) in [6.07, 6.45) is 2.65. The molecule has 24 heavy (non-hydrogen) atoms. The summed E-state index contributed by atoms with van der Waals surface area (Å²) in [4.78, 5) is 32.7. The van der Waals surface area contributed by atoms with Gasteiger partial charge in [0.05, 0.1) is 12.1 Å². The fourth-order valence-corrected chi connectivity index (χ4v) is 4.41. The zero-order chi connectivity index (χ0) is 16.7. The minimum atomic E-state index is 0.0667. The van der Waals surface area contributed by atoms with Gasteiger partial charge in [-0.3, -0.25) is 14.5 Å². The van der Waals surface area contributed by atoms with Crippen LogP contribution in [0.5, 0.6) is 0 Å². The summed E-state index contributed by atoms with van der Waals surface area (Å²) >= 11 is 1.44. The van der Waals surface area contributed by atoms with Crippen LogP contribution in [0.2, 0.25) is 0 Å². The Balaban J connectivity index is 1.51. The first-order valence-electron chi connectivity index (χ1n) is 8.28. The minimum Gasteiger partial charge on any atom is -0.309 e. The lowest BCUT2D eigenvalue weighted by atomic mass is 10.1. The van der Waals surface area contributed by atoms with Crippen LogP contribution in [-0.2, 0) is 22.4 Å². The summed E-state index contributed by atoms with van der Waals surface area (Å²) in [5.41, 5.74) is 2.98. The Labute approximate surface area is 144 Å². The molecule has 5 nitrogen and oxygen atoms in total. The first-order chi connectivity index (χ1) is 11.6. The van der Waals surface area contributed by atoms with Crippen molar-refractivity contribution in [3.63, 3.8) is 0 Å². The molecule has 124 valence electrons. The van der Waals surface area contributed by atoms with Crippen LogP contribution in [0.3, 0.4) is 0 Å². The molecule has 2 amide bonds. The van der Waals surface area contributed by atoms with Gasteiger partial charge in [-0.15, -0.1) is 11.3 Å². The first kappa shape index (κ1) is 15.3. The third kappa shape index (κ3) is 2.60. The molecule has 0 spiro atoms. The van der Waals surface area contributed by atoms with E-state index >= 15 is 0 Å². The number of thiazole rings is 1. The zero-order valence-corrected chi connectivity index (χ0v) is 14.4. The number of hydrogen-bond acceptors (Lipinski definition) is 4. The first-order valence-corrected chi connectivity index (χ1v) is 9.16. The summed E-state index contributed by atoms with van der Waals surface area (Å²) in [6.45, 7) is 2.81. The van der Waals surface area contributed by atoms with E-state index in [0.29, 0.717) is 6.42 Å². The molecule has 0 aliphatic carbocycles. The highest BCUT2D eigenvalue weighted by Gasteiger charge is 2.31. The number of nitrogens with zero attached hydrogens (tertiary/aromatic N) is 3. The maximum absolute atomic E-state index is 12.8. The van der Waals surface area contributed by atoms with E-state index in [2.05, 4.69) is 18.0 Å². The number of para-hydroxylation sites is 1. The number of amides is 2. The summed E-state index contributed by atoms with van der Waals surface area (Å²) in [5.74, 6) is 0.196. The molecular weight excluding hydrogens is 322 g/mol. The molecule has 2 aliphatic heterocycles. The van der Waals surface area contributed by atoms with Crippen LogP contribution in [-0.4, -0.2) is 29.4 Å². The number of hydrogen-bond donors (Lipinski definition) is 0. The van der Waals surface area contributed by atoms with Crippen molar-refractivity contribution in [2.24, 2.45) is 0 Å². The van der Waals surface area contributed by atoms with Gasteiger partial charge in [-0.1, -0.05) is 18.2 Å². The van der Waals surface area contributed by atoms with Crippen molar-refractivity contribution in [1.82, 2.24) is 4.98 Å². The fraction of sp³-hybridized carbons (Fsp3) is 0.389. The molecule has 1 aromatic heterocycles. The van der Waals surface area contributed by atoms with Crippen molar-refractivity contribution in [1.29, 1.82) is 0 Å². The highest BCUT2D eigenvalue weighted by atomic mass is 32.1. The Morgan fingerprint density at radius 3 is 3.00 bits per heavy atom. The average Bonchev–Trinajstić information content (AvgIpc) is 3.24. The second-order valence-electron chi connectivity index (χ2n) is 6.39. The van der Waals surface area contributed by atoms with E-state index in [0.717, 1.165) is 35.9 Å². The van der Waals surface area contributed by atoms with E-state index < -0.39 is 0 Å². The third-order valence-corrected chi connectivity index (χ3v) is 5.56. The number of aromatic nitrogens is 1. The lowest BCUT2D eigenvalue weighted by molar-refractivity contribution is -0.118. The van der Waals surface area contributed by atoms with Crippen molar-refractivity contribution in [3.05, 3.63) is 40.9 Å². The maximum atomic E-state index is 12.8. The molecule has 1 aromatic carbocycles. The SMILES string of the molecule is C[C@@H]1Cc2ccccc2N1C(=O)Cc1csc(N2CCCC2=O)n1. The highest BCUT2D eigenvalue weighted by molar-refractivity contribution is 7.14. The van der Waals surface area contributed by atoms with Crippen LogP contribution in [0.15, 0.2) is 29.6 Å². The summed E-state index contributed by atoms with van der Waals surface area (Å²) in [7, 11) is 0. The Bertz CT molecular complexity index is 801. The van der Waals surface area contributed by atoms with Crippen molar-refractivity contribution >= 4 is 34.0 Å². The van der Waals surface area contributed by atoms with E-state index in [4.69, 9.17) is 0 Å². The number of fused-ring (bicyclic) bond motifs is 1. The van der Waals surface area contributed by atoms with Crippen LogP contribution < -0.4 is 9.80 Å². The number of rotatable bonds is 3. The van der Waals surface area contributed by atoms with E-state index in [1.807, 2.05) is 28.5 Å². The van der Waals surface area contributed by atoms with Crippen LogP contribution in [0.4, 0.5) is 10.8 Å². The number of anilines is 2. The van der Waals surface area contributed by atoms with Crippen molar-refractivity contribution < 1.29 is 9.59 Å². The van der Waals surface area contributed by atoms with Gasteiger partial charge in [0.1, 0.15) is 0 Å². The number of benzene rings is 1. The number of carbonyl (C=O) groups is 2. The molecule has 4 rings (SSSR count). The summed E-state index contributed by atoms with van der Waals surface area (Å²) < 4.78 is 0. The van der Waals surface area contributed by atoms with Gasteiger partial charge in [0.25, 0.3) is 0 Å². The Morgan fingerprint density at radius 1 is 1.38 bits per heavy atom. The molecule has 0 unspecified atom stereocenters. The fourth-order valence-electron chi connectivity index (χ4n) is 3.54. The molecule has 2 aromatic rings. The smallest absolute Gasteiger partial charge is 0.233 e. The quantitative estimate of drug-likeness (QED) is 0.863. The zero-order valence-electron chi connectivity index (χ0n) is 13.6. The standard InChI is InChI=1S/C18H19N3O2S/c1-12-9-13-5-2-3-6-15(13)21(12)17(23)10-14-11-24-18(19-14)20-8-4-7-16(20)22/h2-3,5-6,11-12H,4,7-10H2,1H3/t12-/m1/s1. The van der Waals surface area contributed by atoms with Crippen LogP contribution in [0.25, 0.3) is 0 Å². The minimum absolute atomic E-state index is 0.0667. The highest BCUT2D eigenvalue weighted by Crippen LogP contribution is 2.32. The Kier molecular flexibility index (Phi) is 3.84. The molecule has 0 bridgehead atoms. The third-order valence-electron chi connectivity index (χ3n) is 4.65. The van der Waals surface area contributed by atoms with E-state index in [1.54, 1.807) is 4.90 Å². The van der Waals surface area contributed by atoms with Gasteiger partial charge in [0, 0.05) is 30.1 Å². The van der Waals surface area contributed by atoms with E-state index in [9.17, 15) is 9.59 Å². The molecule has 6 heteroatoms. The van der Waals surface area contributed by atoms with Crippen LogP contribution >= 0.6 is 11.3 Å². The number of carbonyl (C=O) groups excluding carboxylic acids is 2. The maximum Gasteiger partial charge on any atom is 0.233 e. The molecule has 0 radical (unpaired) electrons. The lowest BCUT2D eigenvalue weighted by Gasteiger charge is -2.22. The average molecular weight is 341 g/mol. The normalized spacial score (nSPS) is 19.9. The van der Waals surface area contributed by atoms with Gasteiger partial charge in [0.15, 0.2) is 5.13 Å². The predicted octanol–water partition coefficient (Wildman–Crippen LogP) is 2.79. The summed E-state index contributed by atoms with van der Waals surface area (Å²) in [6, 6.07) is 8.25. The van der Waals surface area contributed by atoms with Gasteiger partial charge in [-0.25, -0.2) is 4.98 Å². The second kappa shape index (κ2) is 6.02. The summed E-state index contributed by atoms with van der Waals surface area (Å²) in [5, 5.41) is 2.61. The van der Waals surface area contributed by atoms with Crippen molar-refractivity contribution in [2.75, 3.05) is 16.3 Å². The van der Waals surface area contributed by atoms with Crippen molar-refractivity contribution in [3.8, 4) is 0 Å². The van der Waals surface area contributed by atoms with Crippen LogP contribution in [0, 0.1) is 0 Å². The Hall–Kier alpha value is -2.21. The molecule has 1 fully saturated rings. The second-order valence-corrected chi connectivity index (χ2v) is 7.23. The predicted molar refractivity (Wildman–Crippen MR) is 94.5 cm³/mol. The Morgan fingerprint density at radius 2 is 2.21 bits per heavy atom. The topological polar surface area (TPSA) is 53.5 Å². The molecule has 0 N–H and O–H groups in total. The van der Waals surface area contributed by atoms with Gasteiger partial charge < -0.3 is 4.90 Å². The van der Waals surface area contributed by atoms with Gasteiger partial charge in [-0.05, 0) is 31.4 Å². The molecule has 2 aliphatic rings. The largest absolute Gasteiger partial charge is 0.309 e. The van der Waals surface area contributed by atoms with Gasteiger partial charge in [-0.2, -0.15) is 0 Å². The van der Waals surface area contributed by atoms with Crippen molar-refractivity contribution in [2.45, 2.75) is 38.6 Å². The van der Waals surface area contributed by atoms with E-state index in [1.165, 1.54) is 16.9 Å². The molecule has 0 saturated carbocycles. The van der Waals surface area contributed by atoms with Crippen LogP contribution in [0.1, 0.15) is 31.0 Å². The molecular formula is C18H19N3O2S. The molecule has 1 saturated heterocycles. The molecule has 3 heterocycles. The van der Waals surface area contributed by atoms with E-state index in [-0.39, 0.29) is 24.3 Å². The monoisotopic (exact) mass is 341 g/mol. The van der Waals surface area contributed by atoms with Gasteiger partial charge in [0.2, 0.25) is 11.8 Å².